The second-order valence-electron chi connectivity index (χ2n) is 6.00. The second-order valence-corrected chi connectivity index (χ2v) is 6.40. The Kier molecular flexibility index (Phi) is 4.90. The number of H-pyrrole nitrogens is 2. The molecule has 0 fully saturated rings. The van der Waals surface area contributed by atoms with E-state index in [1.807, 2.05) is 6.92 Å². The van der Waals surface area contributed by atoms with Crippen molar-refractivity contribution in [3.05, 3.63) is 51.4 Å². The van der Waals surface area contributed by atoms with Crippen molar-refractivity contribution in [2.75, 3.05) is 17.7 Å². The third kappa shape index (κ3) is 3.67. The molecule has 136 valence electrons. The summed E-state index contributed by atoms with van der Waals surface area (Å²) >= 11 is 6.09. The lowest BCUT2D eigenvalue weighted by molar-refractivity contribution is -0.116. The Morgan fingerprint density at radius 3 is 2.65 bits per heavy atom. The number of imidazole rings is 1. The Morgan fingerprint density at radius 1 is 1.19 bits per heavy atom. The molecule has 3 aromatic rings. The van der Waals surface area contributed by atoms with E-state index in [1.165, 1.54) is 7.11 Å². The number of fused-ring (bicyclic) bond motifs is 1. The number of aromatic amines is 2. The molecule has 1 atom stereocenters. The average molecular weight is 375 g/mol. The summed E-state index contributed by atoms with van der Waals surface area (Å²) in [4.78, 5) is 29.2. The molecule has 0 aliphatic carbocycles. The number of rotatable bonds is 5. The zero-order chi connectivity index (χ0) is 18.8. The summed E-state index contributed by atoms with van der Waals surface area (Å²) in [7, 11) is 1.52. The smallest absolute Gasteiger partial charge is 0.323 e. The number of benzene rings is 2. The molecule has 0 aliphatic heterocycles. The zero-order valence-electron chi connectivity index (χ0n) is 14.6. The molecule has 1 heterocycles. The van der Waals surface area contributed by atoms with E-state index in [0.29, 0.717) is 27.5 Å². The van der Waals surface area contributed by atoms with Gasteiger partial charge in [0.2, 0.25) is 5.91 Å². The van der Waals surface area contributed by atoms with Gasteiger partial charge in [0.05, 0.1) is 23.8 Å². The normalized spacial score (nSPS) is 12.0. The molecule has 0 saturated carbocycles. The number of ether oxygens (including phenoxy) is 1. The maximum Gasteiger partial charge on any atom is 0.323 e. The van der Waals surface area contributed by atoms with Crippen molar-refractivity contribution >= 4 is 39.9 Å². The molecule has 0 saturated heterocycles. The number of halogens is 1. The van der Waals surface area contributed by atoms with Gasteiger partial charge in [0.1, 0.15) is 11.8 Å². The third-order valence-corrected chi connectivity index (χ3v) is 4.44. The van der Waals surface area contributed by atoms with Gasteiger partial charge in [-0.15, -0.1) is 0 Å². The molecule has 26 heavy (non-hydrogen) atoms. The first-order chi connectivity index (χ1) is 12.4. The van der Waals surface area contributed by atoms with Gasteiger partial charge in [-0.25, -0.2) is 4.79 Å². The van der Waals surface area contributed by atoms with E-state index in [0.717, 1.165) is 11.3 Å². The van der Waals surface area contributed by atoms with Crippen LogP contribution < -0.4 is 21.1 Å². The van der Waals surface area contributed by atoms with Gasteiger partial charge in [-0.1, -0.05) is 11.6 Å². The number of methoxy groups -OCH3 is 1. The molecule has 8 heteroatoms. The van der Waals surface area contributed by atoms with E-state index in [4.69, 9.17) is 16.3 Å². The van der Waals surface area contributed by atoms with Crippen LogP contribution in [0.25, 0.3) is 11.0 Å². The highest BCUT2D eigenvalue weighted by Crippen LogP contribution is 2.31. The molecule has 0 unspecified atom stereocenters. The number of aryl methyl sites for hydroxylation is 1. The lowest BCUT2D eigenvalue weighted by atomic mass is 10.2. The molecule has 0 spiro atoms. The molecule has 1 aromatic heterocycles. The highest BCUT2D eigenvalue weighted by Gasteiger charge is 2.16. The van der Waals surface area contributed by atoms with Crippen LogP contribution in [-0.2, 0) is 4.79 Å². The van der Waals surface area contributed by atoms with Gasteiger partial charge in [0.25, 0.3) is 0 Å². The Morgan fingerprint density at radius 2 is 1.92 bits per heavy atom. The summed E-state index contributed by atoms with van der Waals surface area (Å²) in [6.45, 7) is 3.60. The molecule has 7 nitrogen and oxygen atoms in total. The largest absolute Gasteiger partial charge is 0.495 e. The first-order valence-electron chi connectivity index (χ1n) is 8.01. The third-order valence-electron chi connectivity index (χ3n) is 4.03. The summed E-state index contributed by atoms with van der Waals surface area (Å²) in [5, 5.41) is 6.52. The SMILES string of the molecule is COc1cc(Cl)c(C)cc1NC(=O)[C@H](C)Nc1ccc2[nH]c(=O)[nH]c2c1. The van der Waals surface area contributed by atoms with Gasteiger partial charge in [-0.05, 0) is 43.7 Å². The van der Waals surface area contributed by atoms with Crippen LogP contribution in [0.15, 0.2) is 35.1 Å². The first-order valence-corrected chi connectivity index (χ1v) is 8.39. The number of hydrogen-bond acceptors (Lipinski definition) is 4. The predicted molar refractivity (Wildman–Crippen MR) is 103 cm³/mol. The Balaban J connectivity index is 1.75. The zero-order valence-corrected chi connectivity index (χ0v) is 15.3. The van der Waals surface area contributed by atoms with Crippen LogP contribution in [0, 0.1) is 6.92 Å². The van der Waals surface area contributed by atoms with Crippen molar-refractivity contribution in [1.82, 2.24) is 9.97 Å². The minimum absolute atomic E-state index is 0.229. The van der Waals surface area contributed by atoms with Gasteiger partial charge < -0.3 is 25.3 Å². The van der Waals surface area contributed by atoms with E-state index in [2.05, 4.69) is 20.6 Å². The van der Waals surface area contributed by atoms with Crippen LogP contribution in [-0.4, -0.2) is 29.0 Å². The number of nitrogens with one attached hydrogen (secondary N) is 4. The molecule has 2 aromatic carbocycles. The molecule has 4 N–H and O–H groups in total. The molecule has 0 bridgehead atoms. The number of amides is 1. The highest BCUT2D eigenvalue weighted by molar-refractivity contribution is 6.31. The Bertz CT molecular complexity index is 1020. The molecule has 0 radical (unpaired) electrons. The minimum atomic E-state index is -0.515. The monoisotopic (exact) mass is 374 g/mol. The Labute approximate surface area is 154 Å². The number of carbonyl (C=O) groups excluding carboxylic acids is 1. The van der Waals surface area contributed by atoms with Crippen LogP contribution in [0.2, 0.25) is 5.02 Å². The summed E-state index contributed by atoms with van der Waals surface area (Å²) in [5.74, 6) is 0.264. The van der Waals surface area contributed by atoms with Crippen LogP contribution in [0.4, 0.5) is 11.4 Å². The summed E-state index contributed by atoms with van der Waals surface area (Å²) < 4.78 is 5.27. The van der Waals surface area contributed by atoms with E-state index >= 15 is 0 Å². The summed E-state index contributed by atoms with van der Waals surface area (Å²) in [5.41, 5.74) is 3.22. The molecule has 0 aliphatic rings. The van der Waals surface area contributed by atoms with Crippen molar-refractivity contribution < 1.29 is 9.53 Å². The van der Waals surface area contributed by atoms with Gasteiger partial charge >= 0.3 is 5.69 Å². The predicted octanol–water partition coefficient (Wildman–Crippen LogP) is 3.27. The van der Waals surface area contributed by atoms with Crippen molar-refractivity contribution in [2.45, 2.75) is 19.9 Å². The number of hydrogen-bond donors (Lipinski definition) is 4. The lowest BCUT2D eigenvalue weighted by Gasteiger charge is -2.17. The van der Waals surface area contributed by atoms with E-state index in [-0.39, 0.29) is 11.6 Å². The van der Waals surface area contributed by atoms with E-state index in [9.17, 15) is 9.59 Å². The van der Waals surface area contributed by atoms with Crippen LogP contribution >= 0.6 is 11.6 Å². The van der Waals surface area contributed by atoms with Crippen molar-refractivity contribution in [2.24, 2.45) is 0 Å². The molecular formula is C18H19ClN4O3. The quantitative estimate of drug-likeness (QED) is 0.550. The van der Waals surface area contributed by atoms with Crippen LogP contribution in [0.3, 0.4) is 0 Å². The van der Waals surface area contributed by atoms with Gasteiger partial charge in [0, 0.05) is 16.8 Å². The van der Waals surface area contributed by atoms with Crippen molar-refractivity contribution in [1.29, 1.82) is 0 Å². The average Bonchev–Trinajstić information content (AvgIpc) is 2.97. The molecule has 1 amide bonds. The van der Waals surface area contributed by atoms with E-state index < -0.39 is 6.04 Å². The lowest BCUT2D eigenvalue weighted by Crippen LogP contribution is -2.32. The molecular weight excluding hydrogens is 356 g/mol. The highest BCUT2D eigenvalue weighted by atomic mass is 35.5. The number of carbonyl (C=O) groups is 1. The van der Waals surface area contributed by atoms with Crippen LogP contribution in [0.1, 0.15) is 12.5 Å². The van der Waals surface area contributed by atoms with E-state index in [1.54, 1.807) is 37.3 Å². The maximum atomic E-state index is 12.5. The standard InChI is InChI=1S/C18H19ClN4O3/c1-9-6-15(16(26-3)8-12(9)19)21-17(24)10(2)20-11-4-5-13-14(7-11)23-18(25)22-13/h4-8,10,20H,1-3H3,(H,21,24)(H2,22,23,25)/t10-/m0/s1. The Hall–Kier alpha value is -2.93. The first kappa shape index (κ1) is 17.9. The topological polar surface area (TPSA) is 99.0 Å². The fraction of sp³-hybridized carbons (Fsp3) is 0.222. The summed E-state index contributed by atoms with van der Waals surface area (Å²) in [6.07, 6.45) is 0. The minimum Gasteiger partial charge on any atom is -0.495 e. The fourth-order valence-corrected chi connectivity index (χ4v) is 2.76. The van der Waals surface area contributed by atoms with Gasteiger partial charge in [-0.3, -0.25) is 4.79 Å². The van der Waals surface area contributed by atoms with Crippen molar-refractivity contribution in [3.8, 4) is 5.75 Å². The van der Waals surface area contributed by atoms with Gasteiger partial charge in [0.15, 0.2) is 0 Å². The number of anilines is 2. The molecule has 3 rings (SSSR count). The maximum absolute atomic E-state index is 12.5. The second kappa shape index (κ2) is 7.13. The fourth-order valence-electron chi connectivity index (χ4n) is 2.61. The summed E-state index contributed by atoms with van der Waals surface area (Å²) in [6, 6.07) is 8.25. The number of aromatic nitrogens is 2. The van der Waals surface area contributed by atoms with Crippen LogP contribution in [0.5, 0.6) is 5.75 Å². The van der Waals surface area contributed by atoms with Crippen molar-refractivity contribution in [3.63, 3.8) is 0 Å². The van der Waals surface area contributed by atoms with Gasteiger partial charge in [-0.2, -0.15) is 0 Å².